The van der Waals surface area contributed by atoms with E-state index in [-0.39, 0.29) is 11.9 Å². The molecule has 3 heteroatoms. The minimum atomic E-state index is -0.00968. The number of hydrogen-bond donors (Lipinski definition) is 0. The first kappa shape index (κ1) is 10.9. The van der Waals surface area contributed by atoms with Gasteiger partial charge in [0.2, 0.25) is 0 Å². The molecule has 1 saturated carbocycles. The Morgan fingerprint density at radius 3 is 3.00 bits per heavy atom. The SMILES string of the molecule is CCOC(=O)[C@@H]1CCC[C@@H]2OC[C@H](C)[C@@H]21. The standard InChI is InChI=1S/C12H20O3/c1-3-14-12(13)9-5-4-6-10-11(9)8(2)7-15-10/h8-11H,3-7H2,1-2H3/t8-,9+,10-,11+/m0/s1. The lowest BCUT2D eigenvalue weighted by atomic mass is 9.73. The third-order valence-corrected chi connectivity index (χ3v) is 3.72. The Bertz CT molecular complexity index is 237. The van der Waals surface area contributed by atoms with Crippen LogP contribution in [0.5, 0.6) is 0 Å². The second kappa shape index (κ2) is 4.52. The lowest BCUT2D eigenvalue weighted by Crippen LogP contribution is -2.37. The number of carbonyl (C=O) groups is 1. The van der Waals surface area contributed by atoms with Gasteiger partial charge in [-0.1, -0.05) is 6.92 Å². The summed E-state index contributed by atoms with van der Waals surface area (Å²) < 4.78 is 10.9. The van der Waals surface area contributed by atoms with Crippen molar-refractivity contribution < 1.29 is 14.3 Å². The zero-order valence-electron chi connectivity index (χ0n) is 9.57. The molecular formula is C12H20O3. The minimum absolute atomic E-state index is 0.00968. The maximum absolute atomic E-state index is 11.8. The Hall–Kier alpha value is -0.570. The van der Waals surface area contributed by atoms with Crippen LogP contribution >= 0.6 is 0 Å². The Morgan fingerprint density at radius 1 is 1.47 bits per heavy atom. The van der Waals surface area contributed by atoms with Gasteiger partial charge < -0.3 is 9.47 Å². The van der Waals surface area contributed by atoms with Crippen molar-refractivity contribution in [1.82, 2.24) is 0 Å². The van der Waals surface area contributed by atoms with E-state index in [4.69, 9.17) is 9.47 Å². The van der Waals surface area contributed by atoms with E-state index in [1.165, 1.54) is 0 Å². The van der Waals surface area contributed by atoms with Crippen LogP contribution < -0.4 is 0 Å². The molecule has 0 radical (unpaired) electrons. The first-order valence-electron chi connectivity index (χ1n) is 6.02. The summed E-state index contributed by atoms with van der Waals surface area (Å²) in [5.74, 6) is 0.980. The molecule has 0 aromatic rings. The summed E-state index contributed by atoms with van der Waals surface area (Å²) in [4.78, 5) is 11.8. The van der Waals surface area contributed by atoms with E-state index < -0.39 is 0 Å². The quantitative estimate of drug-likeness (QED) is 0.657. The van der Waals surface area contributed by atoms with E-state index >= 15 is 0 Å². The molecule has 2 fully saturated rings. The van der Waals surface area contributed by atoms with Crippen LogP contribution in [0.25, 0.3) is 0 Å². The van der Waals surface area contributed by atoms with Gasteiger partial charge in [-0.05, 0) is 32.1 Å². The lowest BCUT2D eigenvalue weighted by Gasteiger charge is -2.32. The van der Waals surface area contributed by atoms with Crippen molar-refractivity contribution in [3.63, 3.8) is 0 Å². The molecule has 0 aromatic heterocycles. The maximum atomic E-state index is 11.8. The van der Waals surface area contributed by atoms with E-state index in [1.54, 1.807) is 0 Å². The van der Waals surface area contributed by atoms with Gasteiger partial charge in [0.15, 0.2) is 0 Å². The Morgan fingerprint density at radius 2 is 2.27 bits per heavy atom. The highest BCUT2D eigenvalue weighted by Gasteiger charge is 2.45. The van der Waals surface area contributed by atoms with E-state index in [9.17, 15) is 4.79 Å². The highest BCUT2D eigenvalue weighted by molar-refractivity contribution is 5.73. The normalized spacial score (nSPS) is 39.9. The molecule has 86 valence electrons. The van der Waals surface area contributed by atoms with Gasteiger partial charge in [-0.2, -0.15) is 0 Å². The Kier molecular flexibility index (Phi) is 3.29. The van der Waals surface area contributed by atoms with E-state index in [0.29, 0.717) is 24.5 Å². The first-order chi connectivity index (χ1) is 7.24. The summed E-state index contributed by atoms with van der Waals surface area (Å²) in [5.41, 5.74) is 0. The molecule has 3 nitrogen and oxygen atoms in total. The third-order valence-electron chi connectivity index (χ3n) is 3.72. The van der Waals surface area contributed by atoms with Crippen molar-refractivity contribution in [3.05, 3.63) is 0 Å². The Balaban J connectivity index is 2.06. The number of rotatable bonds is 2. The number of hydrogen-bond acceptors (Lipinski definition) is 3. The molecule has 1 heterocycles. The summed E-state index contributed by atoms with van der Waals surface area (Å²) in [6, 6.07) is 0. The van der Waals surface area contributed by atoms with Crippen LogP contribution in [-0.2, 0) is 14.3 Å². The molecule has 0 unspecified atom stereocenters. The van der Waals surface area contributed by atoms with Gasteiger partial charge in [0, 0.05) is 12.5 Å². The van der Waals surface area contributed by atoms with Gasteiger partial charge in [-0.3, -0.25) is 4.79 Å². The molecule has 15 heavy (non-hydrogen) atoms. The molecule has 4 atom stereocenters. The molecular weight excluding hydrogens is 192 g/mol. The molecule has 1 aliphatic heterocycles. The first-order valence-corrected chi connectivity index (χ1v) is 6.02. The fraction of sp³-hybridized carbons (Fsp3) is 0.917. The molecule has 2 aliphatic rings. The second-order valence-electron chi connectivity index (χ2n) is 4.72. The topological polar surface area (TPSA) is 35.5 Å². The van der Waals surface area contributed by atoms with E-state index in [1.807, 2.05) is 6.92 Å². The van der Waals surface area contributed by atoms with Gasteiger partial charge in [-0.25, -0.2) is 0 Å². The average molecular weight is 212 g/mol. The largest absolute Gasteiger partial charge is 0.466 e. The van der Waals surface area contributed by atoms with Gasteiger partial charge >= 0.3 is 5.97 Å². The van der Waals surface area contributed by atoms with Crippen LogP contribution in [0.4, 0.5) is 0 Å². The monoisotopic (exact) mass is 212 g/mol. The highest BCUT2D eigenvalue weighted by atomic mass is 16.5. The van der Waals surface area contributed by atoms with Gasteiger partial charge in [0.1, 0.15) is 0 Å². The van der Waals surface area contributed by atoms with Crippen LogP contribution in [-0.4, -0.2) is 25.3 Å². The summed E-state index contributed by atoms with van der Waals surface area (Å²) in [5, 5.41) is 0. The number of esters is 1. The molecule has 1 aliphatic carbocycles. The van der Waals surface area contributed by atoms with Crippen molar-refractivity contribution >= 4 is 5.97 Å². The smallest absolute Gasteiger partial charge is 0.309 e. The van der Waals surface area contributed by atoms with Crippen LogP contribution in [0.15, 0.2) is 0 Å². The van der Waals surface area contributed by atoms with Crippen molar-refractivity contribution in [3.8, 4) is 0 Å². The predicted molar refractivity (Wildman–Crippen MR) is 56.4 cm³/mol. The second-order valence-corrected chi connectivity index (χ2v) is 4.72. The zero-order chi connectivity index (χ0) is 10.8. The van der Waals surface area contributed by atoms with Crippen LogP contribution in [0.2, 0.25) is 0 Å². The molecule has 2 rings (SSSR count). The third kappa shape index (κ3) is 2.03. The van der Waals surface area contributed by atoms with E-state index in [2.05, 4.69) is 6.92 Å². The highest BCUT2D eigenvalue weighted by Crippen LogP contribution is 2.42. The van der Waals surface area contributed by atoms with Crippen molar-refractivity contribution in [2.75, 3.05) is 13.2 Å². The van der Waals surface area contributed by atoms with Crippen LogP contribution in [0.3, 0.4) is 0 Å². The summed E-state index contributed by atoms with van der Waals surface area (Å²) in [6.07, 6.45) is 3.50. The van der Waals surface area contributed by atoms with Crippen LogP contribution in [0.1, 0.15) is 33.1 Å². The molecule has 0 amide bonds. The van der Waals surface area contributed by atoms with Crippen molar-refractivity contribution in [1.29, 1.82) is 0 Å². The molecule has 0 aromatic carbocycles. The molecule has 0 bridgehead atoms. The summed E-state index contributed by atoms with van der Waals surface area (Å²) in [6.45, 7) is 5.35. The van der Waals surface area contributed by atoms with Crippen molar-refractivity contribution in [2.24, 2.45) is 17.8 Å². The summed E-state index contributed by atoms with van der Waals surface area (Å²) >= 11 is 0. The molecule has 1 saturated heterocycles. The summed E-state index contributed by atoms with van der Waals surface area (Å²) in [7, 11) is 0. The molecule has 0 N–H and O–H groups in total. The number of carbonyl (C=O) groups excluding carboxylic acids is 1. The lowest BCUT2D eigenvalue weighted by molar-refractivity contribution is -0.153. The average Bonchev–Trinajstić information content (AvgIpc) is 2.61. The number of fused-ring (bicyclic) bond motifs is 1. The fourth-order valence-corrected chi connectivity index (χ4v) is 3.05. The number of ether oxygens (including phenoxy) is 2. The maximum Gasteiger partial charge on any atom is 0.309 e. The Labute approximate surface area is 91.1 Å². The van der Waals surface area contributed by atoms with Crippen molar-refractivity contribution in [2.45, 2.75) is 39.2 Å². The van der Waals surface area contributed by atoms with Gasteiger partial charge in [0.25, 0.3) is 0 Å². The fourth-order valence-electron chi connectivity index (χ4n) is 3.05. The van der Waals surface area contributed by atoms with Crippen LogP contribution in [0, 0.1) is 17.8 Å². The van der Waals surface area contributed by atoms with Gasteiger partial charge in [-0.15, -0.1) is 0 Å². The predicted octanol–water partition coefficient (Wildman–Crippen LogP) is 2.00. The van der Waals surface area contributed by atoms with E-state index in [0.717, 1.165) is 25.9 Å². The minimum Gasteiger partial charge on any atom is -0.466 e. The molecule has 0 spiro atoms. The van der Waals surface area contributed by atoms with Gasteiger partial charge in [0.05, 0.1) is 18.6 Å². The zero-order valence-corrected chi connectivity index (χ0v) is 9.57.